The molecule has 0 aromatic heterocycles. The summed E-state index contributed by atoms with van der Waals surface area (Å²) in [5, 5.41) is 0. The van der Waals surface area contributed by atoms with Crippen LogP contribution in [0.2, 0.25) is 0 Å². The molecule has 0 aromatic carbocycles. The molecule has 1 heteroatoms. The van der Waals surface area contributed by atoms with E-state index in [2.05, 4.69) is 6.92 Å². The average molecular weight is 178 g/mol. The molecule has 72 valence electrons. The number of carbonyl (C=O) groups excluding carboxylic acids is 1. The van der Waals surface area contributed by atoms with Gasteiger partial charge in [-0.25, -0.2) is 0 Å². The van der Waals surface area contributed by atoms with Gasteiger partial charge in [0, 0.05) is 11.3 Å². The van der Waals surface area contributed by atoms with Gasteiger partial charge in [0.2, 0.25) is 0 Å². The first-order valence-corrected chi connectivity index (χ1v) is 5.71. The van der Waals surface area contributed by atoms with Crippen molar-refractivity contribution in [1.82, 2.24) is 0 Å². The third-order valence-corrected chi connectivity index (χ3v) is 4.98. The molecule has 3 fully saturated rings. The van der Waals surface area contributed by atoms with E-state index in [1.54, 1.807) is 0 Å². The summed E-state index contributed by atoms with van der Waals surface area (Å²) in [6.07, 6.45) is 8.98. The Morgan fingerprint density at radius 1 is 1.23 bits per heavy atom. The van der Waals surface area contributed by atoms with Crippen LogP contribution in [0.4, 0.5) is 0 Å². The van der Waals surface area contributed by atoms with Crippen molar-refractivity contribution in [3.8, 4) is 0 Å². The van der Waals surface area contributed by atoms with E-state index < -0.39 is 0 Å². The fourth-order valence-corrected chi connectivity index (χ4v) is 4.34. The first kappa shape index (κ1) is 8.02. The molecule has 3 atom stereocenters. The largest absolute Gasteiger partial charge is 0.299 e. The number of fused-ring (bicyclic) bond motifs is 1. The summed E-state index contributed by atoms with van der Waals surface area (Å²) in [5.41, 5.74) is 0.596. The lowest BCUT2D eigenvalue weighted by Crippen LogP contribution is -2.36. The summed E-state index contributed by atoms with van der Waals surface area (Å²) in [6.45, 7) is 2.21. The van der Waals surface area contributed by atoms with Gasteiger partial charge >= 0.3 is 0 Å². The van der Waals surface area contributed by atoms with Crippen LogP contribution in [0.25, 0.3) is 0 Å². The zero-order chi connectivity index (χ0) is 9.10. The Kier molecular flexibility index (Phi) is 1.35. The van der Waals surface area contributed by atoms with Gasteiger partial charge in [-0.05, 0) is 37.5 Å². The van der Waals surface area contributed by atoms with Gasteiger partial charge in [-0.2, -0.15) is 0 Å². The molecule has 1 spiro atoms. The van der Waals surface area contributed by atoms with Gasteiger partial charge in [-0.1, -0.05) is 19.8 Å². The summed E-state index contributed by atoms with van der Waals surface area (Å²) in [5.74, 6) is 1.10. The molecule has 0 heterocycles. The van der Waals surface area contributed by atoms with Crippen LogP contribution in [-0.2, 0) is 4.79 Å². The highest BCUT2D eigenvalue weighted by molar-refractivity contribution is 5.91. The molecule has 0 saturated heterocycles. The SMILES string of the molecule is CC12CCC3(CCCCC3C1=O)C2. The monoisotopic (exact) mass is 178 g/mol. The van der Waals surface area contributed by atoms with Crippen molar-refractivity contribution in [2.75, 3.05) is 0 Å². The minimum absolute atomic E-state index is 0.106. The van der Waals surface area contributed by atoms with Crippen LogP contribution in [0.1, 0.15) is 51.9 Å². The lowest BCUT2D eigenvalue weighted by atomic mass is 9.65. The predicted octanol–water partition coefficient (Wildman–Crippen LogP) is 2.94. The van der Waals surface area contributed by atoms with Gasteiger partial charge in [0.25, 0.3) is 0 Å². The second-order valence-electron chi connectivity index (χ2n) is 5.76. The first-order valence-electron chi connectivity index (χ1n) is 5.71. The molecule has 0 aromatic rings. The topological polar surface area (TPSA) is 17.1 Å². The highest BCUT2D eigenvalue weighted by Crippen LogP contribution is 2.66. The van der Waals surface area contributed by atoms with E-state index in [1.165, 1.54) is 44.9 Å². The second kappa shape index (κ2) is 2.18. The Hall–Kier alpha value is -0.330. The minimum atomic E-state index is 0.106. The summed E-state index contributed by atoms with van der Waals surface area (Å²) >= 11 is 0. The number of ketones is 1. The minimum Gasteiger partial charge on any atom is -0.299 e. The lowest BCUT2D eigenvalue weighted by molar-refractivity contribution is -0.132. The highest BCUT2D eigenvalue weighted by atomic mass is 16.1. The van der Waals surface area contributed by atoms with E-state index in [-0.39, 0.29) is 5.41 Å². The molecule has 3 aliphatic rings. The van der Waals surface area contributed by atoms with Crippen molar-refractivity contribution in [3.05, 3.63) is 0 Å². The number of hydrogen-bond donors (Lipinski definition) is 0. The molecule has 3 aliphatic carbocycles. The number of hydrogen-bond acceptors (Lipinski definition) is 1. The van der Waals surface area contributed by atoms with Gasteiger partial charge in [0.05, 0.1) is 0 Å². The second-order valence-corrected chi connectivity index (χ2v) is 5.76. The van der Waals surface area contributed by atoms with Crippen molar-refractivity contribution in [3.63, 3.8) is 0 Å². The maximum absolute atomic E-state index is 12.1. The molecular formula is C12H18O. The molecule has 3 saturated carbocycles. The zero-order valence-corrected chi connectivity index (χ0v) is 8.44. The molecule has 0 aliphatic heterocycles. The van der Waals surface area contributed by atoms with Gasteiger partial charge in [0.1, 0.15) is 5.78 Å². The molecule has 13 heavy (non-hydrogen) atoms. The Morgan fingerprint density at radius 3 is 2.85 bits per heavy atom. The molecular weight excluding hydrogens is 160 g/mol. The summed E-state index contributed by atoms with van der Waals surface area (Å²) in [4.78, 5) is 12.1. The van der Waals surface area contributed by atoms with Crippen LogP contribution < -0.4 is 0 Å². The zero-order valence-electron chi connectivity index (χ0n) is 8.44. The number of rotatable bonds is 0. The molecule has 3 rings (SSSR count). The van der Waals surface area contributed by atoms with Crippen LogP contribution in [0.3, 0.4) is 0 Å². The van der Waals surface area contributed by atoms with E-state index in [0.29, 0.717) is 17.1 Å². The van der Waals surface area contributed by atoms with Crippen LogP contribution in [-0.4, -0.2) is 5.78 Å². The molecule has 0 radical (unpaired) electrons. The Balaban J connectivity index is 2.03. The number of Topliss-reactive ketones (excluding diaryl/α,β-unsaturated/α-hetero) is 1. The quantitative estimate of drug-likeness (QED) is 0.557. The Morgan fingerprint density at radius 2 is 2.08 bits per heavy atom. The summed E-state index contributed by atoms with van der Waals surface area (Å²) in [6, 6.07) is 0. The molecule has 2 bridgehead atoms. The van der Waals surface area contributed by atoms with Crippen molar-refractivity contribution < 1.29 is 4.79 Å². The van der Waals surface area contributed by atoms with Gasteiger partial charge in [0.15, 0.2) is 0 Å². The third kappa shape index (κ3) is 0.812. The maximum atomic E-state index is 12.1. The fraction of sp³-hybridized carbons (Fsp3) is 0.917. The van der Waals surface area contributed by atoms with E-state index in [1.807, 2.05) is 0 Å². The van der Waals surface area contributed by atoms with Crippen molar-refractivity contribution in [1.29, 1.82) is 0 Å². The van der Waals surface area contributed by atoms with E-state index in [9.17, 15) is 4.79 Å². The maximum Gasteiger partial charge on any atom is 0.142 e. The molecule has 1 nitrogen and oxygen atoms in total. The van der Waals surface area contributed by atoms with Crippen LogP contribution in [0, 0.1) is 16.7 Å². The van der Waals surface area contributed by atoms with Gasteiger partial charge < -0.3 is 0 Å². The smallest absolute Gasteiger partial charge is 0.142 e. The summed E-state index contributed by atoms with van der Waals surface area (Å²) in [7, 11) is 0. The summed E-state index contributed by atoms with van der Waals surface area (Å²) < 4.78 is 0. The van der Waals surface area contributed by atoms with E-state index in [4.69, 9.17) is 0 Å². The normalized spacial score (nSPS) is 53.9. The van der Waals surface area contributed by atoms with Crippen molar-refractivity contribution in [2.45, 2.75) is 51.9 Å². The van der Waals surface area contributed by atoms with E-state index in [0.717, 1.165) is 0 Å². The predicted molar refractivity (Wildman–Crippen MR) is 51.4 cm³/mol. The van der Waals surface area contributed by atoms with Crippen LogP contribution >= 0.6 is 0 Å². The molecule has 0 amide bonds. The Labute approximate surface area is 79.9 Å². The van der Waals surface area contributed by atoms with Crippen LogP contribution in [0.15, 0.2) is 0 Å². The third-order valence-electron chi connectivity index (χ3n) is 4.98. The Bertz CT molecular complexity index is 266. The average Bonchev–Trinajstić information content (AvgIpc) is 2.55. The molecule has 0 N–H and O–H groups in total. The van der Waals surface area contributed by atoms with Gasteiger partial charge in [-0.15, -0.1) is 0 Å². The van der Waals surface area contributed by atoms with E-state index >= 15 is 0 Å². The first-order chi connectivity index (χ1) is 6.16. The standard InChI is InChI=1S/C12H18O/c1-11-6-7-12(8-11)5-3-2-4-9(12)10(11)13/h9H,2-8H2,1H3. The molecule has 3 unspecified atom stereocenters. The number of carbonyl (C=O) groups is 1. The van der Waals surface area contributed by atoms with Crippen LogP contribution in [0.5, 0.6) is 0 Å². The lowest BCUT2D eigenvalue weighted by Gasteiger charge is -2.38. The van der Waals surface area contributed by atoms with Crippen molar-refractivity contribution >= 4 is 5.78 Å². The van der Waals surface area contributed by atoms with Gasteiger partial charge in [-0.3, -0.25) is 4.79 Å². The van der Waals surface area contributed by atoms with Crippen molar-refractivity contribution in [2.24, 2.45) is 16.7 Å². The highest BCUT2D eigenvalue weighted by Gasteiger charge is 2.63. The fourth-order valence-electron chi connectivity index (χ4n) is 4.34.